The number of hydrogen-bond donors (Lipinski definition) is 2. The molecule has 24 heavy (non-hydrogen) atoms. The van der Waals surface area contributed by atoms with Crippen LogP contribution in [0.1, 0.15) is 76.3 Å². The van der Waals surface area contributed by atoms with Crippen molar-refractivity contribution in [3.63, 3.8) is 0 Å². The van der Waals surface area contributed by atoms with Gasteiger partial charge in [-0.2, -0.15) is 0 Å². The first kappa shape index (κ1) is 20.1. The largest absolute Gasteiger partial charge is 0.481 e. The lowest BCUT2D eigenvalue weighted by Gasteiger charge is -2.00. The van der Waals surface area contributed by atoms with E-state index in [9.17, 15) is 9.59 Å². The van der Waals surface area contributed by atoms with E-state index in [1.54, 1.807) is 0 Å². The second kappa shape index (κ2) is 12.5. The number of carbonyl (C=O) groups is 2. The Morgan fingerprint density at radius 2 is 1.38 bits per heavy atom. The van der Waals surface area contributed by atoms with Crippen LogP contribution in [0.4, 0.5) is 0 Å². The van der Waals surface area contributed by atoms with Crippen molar-refractivity contribution in [2.75, 3.05) is 0 Å². The third-order valence-corrected chi connectivity index (χ3v) is 3.94. The van der Waals surface area contributed by atoms with Crippen molar-refractivity contribution in [2.45, 2.75) is 83.6 Å². The first-order valence-corrected chi connectivity index (χ1v) is 8.90. The minimum Gasteiger partial charge on any atom is -0.481 e. The number of aliphatic carboxylic acids is 2. The third-order valence-electron chi connectivity index (χ3n) is 3.94. The maximum atomic E-state index is 10.4. The molecule has 0 saturated heterocycles. The molecule has 0 fully saturated rings. The normalized spacial score (nSPS) is 10.8. The third kappa shape index (κ3) is 10.7. The number of aromatic nitrogens is 3. The average Bonchev–Trinajstić information content (AvgIpc) is 2.97. The smallest absolute Gasteiger partial charge is 0.303 e. The molecule has 1 aromatic heterocycles. The molecule has 0 amide bonds. The van der Waals surface area contributed by atoms with Crippen LogP contribution in [0.2, 0.25) is 0 Å². The molecule has 0 radical (unpaired) electrons. The van der Waals surface area contributed by atoms with Crippen LogP contribution in [0.25, 0.3) is 0 Å². The highest BCUT2D eigenvalue weighted by Crippen LogP contribution is 2.10. The Morgan fingerprint density at radius 1 is 0.833 bits per heavy atom. The van der Waals surface area contributed by atoms with Crippen molar-refractivity contribution >= 4 is 11.9 Å². The lowest BCUT2D eigenvalue weighted by atomic mass is 10.1. The number of unbranched alkanes of at least 4 members (excludes halogenated alkanes) is 7. The van der Waals surface area contributed by atoms with Crippen LogP contribution >= 0.6 is 0 Å². The van der Waals surface area contributed by atoms with Gasteiger partial charge >= 0.3 is 11.9 Å². The zero-order valence-corrected chi connectivity index (χ0v) is 14.3. The van der Waals surface area contributed by atoms with Crippen LogP contribution in [-0.2, 0) is 22.6 Å². The fraction of sp³-hybridized carbons (Fsp3) is 0.765. The molecule has 0 unspecified atom stereocenters. The van der Waals surface area contributed by atoms with Crippen LogP contribution in [0.15, 0.2) is 6.20 Å². The molecule has 7 heteroatoms. The maximum Gasteiger partial charge on any atom is 0.303 e. The fourth-order valence-electron chi connectivity index (χ4n) is 2.58. The van der Waals surface area contributed by atoms with Crippen molar-refractivity contribution in [3.05, 3.63) is 11.9 Å². The molecule has 136 valence electrons. The van der Waals surface area contributed by atoms with Gasteiger partial charge in [0.15, 0.2) is 0 Å². The van der Waals surface area contributed by atoms with Gasteiger partial charge in [-0.05, 0) is 32.1 Å². The first-order valence-electron chi connectivity index (χ1n) is 8.90. The number of carboxylic acid groups (broad SMARTS) is 2. The first-order chi connectivity index (χ1) is 11.6. The summed E-state index contributed by atoms with van der Waals surface area (Å²) in [4.78, 5) is 20.8. The van der Waals surface area contributed by atoms with Crippen molar-refractivity contribution in [1.29, 1.82) is 0 Å². The Labute approximate surface area is 143 Å². The van der Waals surface area contributed by atoms with Crippen molar-refractivity contribution in [2.24, 2.45) is 0 Å². The van der Waals surface area contributed by atoms with E-state index in [1.165, 1.54) is 0 Å². The summed E-state index contributed by atoms with van der Waals surface area (Å²) in [5.74, 6) is -1.44. The number of rotatable bonds is 15. The predicted molar refractivity (Wildman–Crippen MR) is 89.8 cm³/mol. The van der Waals surface area contributed by atoms with E-state index in [4.69, 9.17) is 10.2 Å². The SMILES string of the molecule is O=C(O)CCCCCCCCc1cn(CCCCCC(=O)O)nn1. The van der Waals surface area contributed by atoms with Crippen LogP contribution < -0.4 is 0 Å². The Hall–Kier alpha value is -1.92. The van der Waals surface area contributed by atoms with E-state index in [-0.39, 0.29) is 12.8 Å². The number of nitrogens with zero attached hydrogens (tertiary/aromatic N) is 3. The van der Waals surface area contributed by atoms with Gasteiger partial charge in [0, 0.05) is 25.6 Å². The maximum absolute atomic E-state index is 10.4. The molecule has 7 nitrogen and oxygen atoms in total. The monoisotopic (exact) mass is 339 g/mol. The second-order valence-electron chi connectivity index (χ2n) is 6.19. The van der Waals surface area contributed by atoms with E-state index >= 15 is 0 Å². The summed E-state index contributed by atoms with van der Waals surface area (Å²) in [5.41, 5.74) is 1.01. The van der Waals surface area contributed by atoms with Gasteiger partial charge in [-0.1, -0.05) is 37.3 Å². The predicted octanol–water partition coefficient (Wildman–Crippen LogP) is 3.28. The Kier molecular flexibility index (Phi) is 10.5. The number of aryl methyl sites for hydroxylation is 2. The summed E-state index contributed by atoms with van der Waals surface area (Å²) in [6.45, 7) is 0.788. The molecule has 0 aliphatic rings. The zero-order chi connectivity index (χ0) is 17.6. The summed E-state index contributed by atoms with van der Waals surface area (Å²) < 4.78 is 1.84. The summed E-state index contributed by atoms with van der Waals surface area (Å²) in [7, 11) is 0. The molecule has 0 saturated carbocycles. The summed E-state index contributed by atoms with van der Waals surface area (Å²) >= 11 is 0. The molecule has 0 bridgehead atoms. The van der Waals surface area contributed by atoms with Crippen LogP contribution in [0.3, 0.4) is 0 Å². The Balaban J connectivity index is 1.99. The van der Waals surface area contributed by atoms with E-state index in [1.807, 2.05) is 10.9 Å². The van der Waals surface area contributed by atoms with E-state index in [0.717, 1.165) is 70.0 Å². The quantitative estimate of drug-likeness (QED) is 0.475. The lowest BCUT2D eigenvalue weighted by Crippen LogP contribution is -2.00. The summed E-state index contributed by atoms with van der Waals surface area (Å²) in [6.07, 6.45) is 12.1. The Morgan fingerprint density at radius 3 is 2.00 bits per heavy atom. The highest BCUT2D eigenvalue weighted by molar-refractivity contribution is 5.66. The van der Waals surface area contributed by atoms with Gasteiger partial charge in [0.1, 0.15) is 0 Å². The molecule has 0 atom stereocenters. The Bertz CT molecular complexity index is 488. The topological polar surface area (TPSA) is 105 Å². The van der Waals surface area contributed by atoms with Crippen molar-refractivity contribution in [1.82, 2.24) is 15.0 Å². The van der Waals surface area contributed by atoms with Gasteiger partial charge in [-0.3, -0.25) is 14.3 Å². The molecule has 0 aromatic carbocycles. The molecular formula is C17H29N3O4. The standard InChI is InChI=1S/C17H29N3O4/c21-16(22)11-7-4-2-1-3-6-10-15-14-20(19-18-15)13-9-5-8-12-17(23)24/h14H,1-13H2,(H,21,22)(H,23,24). The van der Waals surface area contributed by atoms with Gasteiger partial charge in [0.05, 0.1) is 5.69 Å². The molecule has 1 aromatic rings. The number of carboxylic acids is 2. The highest BCUT2D eigenvalue weighted by atomic mass is 16.4. The highest BCUT2D eigenvalue weighted by Gasteiger charge is 2.02. The van der Waals surface area contributed by atoms with Crippen LogP contribution in [0, 0.1) is 0 Å². The molecule has 2 N–H and O–H groups in total. The van der Waals surface area contributed by atoms with Crippen molar-refractivity contribution < 1.29 is 19.8 Å². The van der Waals surface area contributed by atoms with Crippen LogP contribution in [-0.4, -0.2) is 37.1 Å². The summed E-state index contributed by atoms with van der Waals surface area (Å²) in [5, 5.41) is 25.4. The molecule has 0 aliphatic heterocycles. The zero-order valence-electron chi connectivity index (χ0n) is 14.3. The lowest BCUT2D eigenvalue weighted by molar-refractivity contribution is -0.138. The minimum atomic E-state index is -0.736. The van der Waals surface area contributed by atoms with Gasteiger partial charge in [0.25, 0.3) is 0 Å². The van der Waals surface area contributed by atoms with Crippen LogP contribution in [0.5, 0.6) is 0 Å². The fourth-order valence-corrected chi connectivity index (χ4v) is 2.58. The van der Waals surface area contributed by atoms with E-state index < -0.39 is 11.9 Å². The van der Waals surface area contributed by atoms with Gasteiger partial charge < -0.3 is 10.2 Å². The van der Waals surface area contributed by atoms with Gasteiger partial charge in [-0.15, -0.1) is 5.10 Å². The molecule has 1 heterocycles. The number of hydrogen-bond acceptors (Lipinski definition) is 4. The second-order valence-corrected chi connectivity index (χ2v) is 6.19. The van der Waals surface area contributed by atoms with Gasteiger partial charge in [0.2, 0.25) is 0 Å². The molecule has 1 rings (SSSR count). The molecular weight excluding hydrogens is 310 g/mol. The van der Waals surface area contributed by atoms with Crippen molar-refractivity contribution in [3.8, 4) is 0 Å². The van der Waals surface area contributed by atoms with Gasteiger partial charge in [-0.25, -0.2) is 0 Å². The average molecular weight is 339 g/mol. The molecule has 0 spiro atoms. The van der Waals surface area contributed by atoms with E-state index in [0.29, 0.717) is 6.42 Å². The van der Waals surface area contributed by atoms with E-state index in [2.05, 4.69) is 10.3 Å². The minimum absolute atomic E-state index is 0.235. The molecule has 0 aliphatic carbocycles. The summed E-state index contributed by atoms with van der Waals surface area (Å²) in [6, 6.07) is 0.